The normalized spacial score (nSPS) is 40.8. The second-order valence-corrected chi connectivity index (χ2v) is 9.03. The molecule has 44 heavy (non-hydrogen) atoms. The molecule has 0 amide bonds. The van der Waals surface area contributed by atoms with E-state index < -0.39 is 88.5 Å². The Morgan fingerprint density at radius 1 is 0.341 bits per heavy atom. The van der Waals surface area contributed by atoms with Gasteiger partial charge in [0, 0.05) is 0 Å². The van der Waals surface area contributed by atoms with Crippen LogP contribution in [0.5, 0.6) is 0 Å². The SMILES string of the molecule is FOC(F)(F)C(F)(F)OC(F)(F)C(F)(F)OC1(C(F)(F)F)C2(F)C(F)(F)C3(F)C(F)(F)C(F)(C2(F)F)C(F)(F)C1(F)C3(F)F. The molecule has 4 rings (SSSR count). The lowest BCUT2D eigenvalue weighted by Crippen LogP contribution is -3.11. The molecule has 4 saturated carbocycles. The summed E-state index contributed by atoms with van der Waals surface area (Å²) < 4.78 is 369. The van der Waals surface area contributed by atoms with Gasteiger partial charge in [0.1, 0.15) is 0 Å². The minimum absolute atomic E-state index is 0.967. The van der Waals surface area contributed by atoms with Crippen molar-refractivity contribution in [2.24, 2.45) is 0 Å². The van der Waals surface area contributed by atoms with Crippen molar-refractivity contribution < 1.29 is 129 Å². The zero-order chi connectivity index (χ0) is 35.6. The van der Waals surface area contributed by atoms with Gasteiger partial charge in [-0.2, -0.15) is 92.2 Å². The van der Waals surface area contributed by atoms with Crippen LogP contribution in [0.2, 0.25) is 0 Å². The quantitative estimate of drug-likeness (QED) is 0.253. The largest absolute Gasteiger partial charge is 0.478 e. The van der Waals surface area contributed by atoms with E-state index in [1.54, 1.807) is 0 Å². The summed E-state index contributed by atoms with van der Waals surface area (Å²) in [4.78, 5) is 0.967. The van der Waals surface area contributed by atoms with E-state index in [-0.39, 0.29) is 0 Å². The first-order valence-corrected chi connectivity index (χ1v) is 9.65. The van der Waals surface area contributed by atoms with Crippen molar-refractivity contribution in [3.05, 3.63) is 0 Å². The maximum Gasteiger partial charge on any atom is 0.478 e. The summed E-state index contributed by atoms with van der Waals surface area (Å²) in [6.45, 7) is 0. The summed E-state index contributed by atoms with van der Waals surface area (Å²) in [7, 11) is 0. The Kier molecular flexibility index (Phi) is 6.60. The van der Waals surface area contributed by atoms with Crippen LogP contribution in [0, 0.1) is 0 Å². The highest BCUT2D eigenvalue weighted by Crippen LogP contribution is 2.90. The van der Waals surface area contributed by atoms with Gasteiger partial charge in [0.05, 0.1) is 0 Å². The molecule has 0 aromatic rings. The molecule has 0 aromatic carbocycles. The van der Waals surface area contributed by atoms with Crippen LogP contribution in [0.3, 0.4) is 0 Å². The number of hydrogen-bond acceptors (Lipinski definition) is 3. The molecule has 0 radical (unpaired) electrons. The molecule has 0 saturated heterocycles. The standard InChI is InChI=1S/C15F26O3/c16-1-5(11(30,31)32,42-12(33,34)13(35,36)43-14(37,38)15(39,40)44-41)2(17)8(24,25)3(18,6(1,20)21)10(28,29)4(19,7(1,22)23)9(2,26)27. The Morgan fingerprint density at radius 2 is 0.591 bits per heavy atom. The zero-order valence-electron chi connectivity index (χ0n) is 18.6. The van der Waals surface area contributed by atoms with E-state index in [0.717, 1.165) is 9.68 Å². The highest BCUT2D eigenvalue weighted by Gasteiger charge is 3.25. The van der Waals surface area contributed by atoms with Gasteiger partial charge in [-0.05, 0) is 4.53 Å². The van der Waals surface area contributed by atoms with Crippen molar-refractivity contribution >= 4 is 0 Å². The lowest BCUT2D eigenvalue weighted by molar-refractivity contribution is -0.640. The molecule has 4 aliphatic rings. The van der Waals surface area contributed by atoms with Crippen molar-refractivity contribution in [1.29, 1.82) is 0 Å². The van der Waals surface area contributed by atoms with Gasteiger partial charge in [-0.25, -0.2) is 22.3 Å². The smallest absolute Gasteiger partial charge is 0.289 e. The summed E-state index contributed by atoms with van der Waals surface area (Å²) in [5.74, 6) is -45.1. The molecule has 0 N–H and O–H groups in total. The number of rotatable bonds is 7. The summed E-state index contributed by atoms with van der Waals surface area (Å²) in [6, 6.07) is 0. The van der Waals surface area contributed by atoms with E-state index in [2.05, 4.69) is 0 Å². The highest BCUT2D eigenvalue weighted by atomic mass is 19.4. The molecule has 4 aliphatic carbocycles. The van der Waals surface area contributed by atoms with E-state index in [9.17, 15) is 106 Å². The van der Waals surface area contributed by atoms with Gasteiger partial charge >= 0.3 is 71.6 Å². The van der Waals surface area contributed by atoms with Gasteiger partial charge < -0.3 is 0 Å². The lowest BCUT2D eigenvalue weighted by Gasteiger charge is -2.76. The van der Waals surface area contributed by atoms with Crippen LogP contribution < -0.4 is 0 Å². The van der Waals surface area contributed by atoms with Crippen LogP contribution in [-0.4, -0.2) is 88.5 Å². The summed E-state index contributed by atoms with van der Waals surface area (Å²) in [6.07, 6.45) is -41.7. The fraction of sp³-hybridized carbons (Fsp3) is 1.00. The van der Waals surface area contributed by atoms with Crippen molar-refractivity contribution in [2.45, 2.75) is 88.5 Å². The molecular formula is C15F26O3. The molecule has 3 nitrogen and oxygen atoms in total. The topological polar surface area (TPSA) is 27.7 Å². The molecule has 0 unspecified atom stereocenters. The average Bonchev–Trinajstić information content (AvgIpc) is 2.80. The average molecular weight is 722 g/mol. The lowest BCUT2D eigenvalue weighted by atomic mass is 9.37. The van der Waals surface area contributed by atoms with E-state index in [4.69, 9.17) is 0 Å². The van der Waals surface area contributed by atoms with Crippen LogP contribution >= 0.6 is 0 Å². The Bertz CT molecular complexity index is 1130. The molecule has 260 valence electrons. The third kappa shape index (κ3) is 2.79. The summed E-state index contributed by atoms with van der Waals surface area (Å²) in [5.41, 5.74) is -45.5. The summed E-state index contributed by atoms with van der Waals surface area (Å²) >= 11 is 0. The minimum atomic E-state index is -9.43. The third-order valence-electron chi connectivity index (χ3n) is 7.01. The van der Waals surface area contributed by atoms with Gasteiger partial charge in [0.15, 0.2) is 0 Å². The van der Waals surface area contributed by atoms with E-state index in [0.29, 0.717) is 0 Å². The predicted molar refractivity (Wildman–Crippen MR) is 73.0 cm³/mol. The molecule has 0 aliphatic heterocycles. The highest BCUT2D eigenvalue weighted by molar-refractivity contribution is 5.56. The maximum absolute atomic E-state index is 15.5. The van der Waals surface area contributed by atoms with Gasteiger partial charge in [-0.1, -0.05) is 0 Å². The fourth-order valence-corrected chi connectivity index (χ4v) is 5.05. The Labute approximate surface area is 218 Å². The van der Waals surface area contributed by atoms with E-state index in [1.807, 2.05) is 0 Å². The van der Waals surface area contributed by atoms with Crippen molar-refractivity contribution in [3.8, 4) is 0 Å². The van der Waals surface area contributed by atoms with Gasteiger partial charge in [-0.3, -0.25) is 4.74 Å². The van der Waals surface area contributed by atoms with E-state index in [1.165, 1.54) is 4.74 Å². The van der Waals surface area contributed by atoms with Crippen LogP contribution in [0.25, 0.3) is 0 Å². The molecule has 29 heteroatoms. The molecule has 0 heterocycles. The second-order valence-electron chi connectivity index (χ2n) is 9.03. The molecule has 0 atom stereocenters. The molecule has 4 fully saturated rings. The van der Waals surface area contributed by atoms with Gasteiger partial charge in [0.25, 0.3) is 16.9 Å². The van der Waals surface area contributed by atoms with Gasteiger partial charge in [0.2, 0.25) is 0 Å². The van der Waals surface area contributed by atoms with Crippen molar-refractivity contribution in [3.63, 3.8) is 0 Å². The predicted octanol–water partition coefficient (Wildman–Crippen LogP) is 7.64. The Hall–Kier alpha value is -1.94. The van der Waals surface area contributed by atoms with Crippen LogP contribution in [0.15, 0.2) is 0 Å². The third-order valence-corrected chi connectivity index (χ3v) is 7.01. The molecule has 0 spiro atoms. The first-order valence-electron chi connectivity index (χ1n) is 9.65. The van der Waals surface area contributed by atoms with Crippen LogP contribution in [0.4, 0.5) is 114 Å². The molecule has 0 aromatic heterocycles. The fourth-order valence-electron chi connectivity index (χ4n) is 5.05. The minimum Gasteiger partial charge on any atom is -0.289 e. The second kappa shape index (κ2) is 7.95. The first kappa shape index (κ1) is 36.5. The van der Waals surface area contributed by atoms with E-state index >= 15 is 8.78 Å². The Balaban J connectivity index is 2.59. The van der Waals surface area contributed by atoms with Crippen LogP contribution in [-0.2, 0) is 14.4 Å². The zero-order valence-corrected chi connectivity index (χ0v) is 18.6. The number of halogens is 26. The van der Waals surface area contributed by atoms with Crippen molar-refractivity contribution in [2.75, 3.05) is 0 Å². The first-order chi connectivity index (χ1) is 18.7. The number of ether oxygens (including phenoxy) is 2. The van der Waals surface area contributed by atoms with Crippen molar-refractivity contribution in [1.82, 2.24) is 0 Å². The van der Waals surface area contributed by atoms with Gasteiger partial charge in [-0.15, -0.1) is 4.94 Å². The van der Waals surface area contributed by atoms with Crippen LogP contribution in [0.1, 0.15) is 0 Å². The monoisotopic (exact) mass is 722 g/mol. The molecular weight excluding hydrogens is 722 g/mol. The number of alkyl halides is 25. The number of hydrogen-bond donors (Lipinski definition) is 0. The summed E-state index contributed by atoms with van der Waals surface area (Å²) in [5, 5.41) is 0. The Morgan fingerprint density at radius 3 is 0.841 bits per heavy atom. The molecule has 4 bridgehead atoms. The maximum atomic E-state index is 15.5.